The number of hydrogen-bond donors (Lipinski definition) is 0. The van der Waals surface area contributed by atoms with Gasteiger partial charge < -0.3 is 14.3 Å². The van der Waals surface area contributed by atoms with E-state index in [1.54, 1.807) is 19.1 Å². The lowest BCUT2D eigenvalue weighted by Crippen LogP contribution is -2.49. The highest BCUT2D eigenvalue weighted by molar-refractivity contribution is 6.11. The Bertz CT molecular complexity index is 613. The summed E-state index contributed by atoms with van der Waals surface area (Å²) in [6.45, 7) is 1.68. The van der Waals surface area contributed by atoms with Crippen LogP contribution < -0.4 is 4.74 Å². The molecule has 118 valence electrons. The molecule has 0 spiro atoms. The third-order valence-electron chi connectivity index (χ3n) is 4.08. The van der Waals surface area contributed by atoms with Gasteiger partial charge in [-0.05, 0) is 18.4 Å². The molecule has 6 heteroatoms. The van der Waals surface area contributed by atoms with Crippen LogP contribution in [0, 0.1) is 5.92 Å². The van der Waals surface area contributed by atoms with E-state index >= 15 is 0 Å². The van der Waals surface area contributed by atoms with E-state index in [-0.39, 0.29) is 18.6 Å². The SMILES string of the molecule is COC(=O)[C@@]1(CC(C)C=O)C(=O)CCc2nc(OC)ccc21. The minimum atomic E-state index is -1.46. The van der Waals surface area contributed by atoms with Crippen LogP contribution in [0.1, 0.15) is 31.0 Å². The normalized spacial score (nSPS) is 21.7. The minimum absolute atomic E-state index is 0.0863. The molecular weight excluding hydrogens is 286 g/mol. The van der Waals surface area contributed by atoms with Crippen molar-refractivity contribution in [2.24, 2.45) is 5.92 Å². The average Bonchev–Trinajstić information content (AvgIpc) is 2.55. The van der Waals surface area contributed by atoms with Crippen molar-refractivity contribution in [2.75, 3.05) is 14.2 Å². The van der Waals surface area contributed by atoms with Gasteiger partial charge >= 0.3 is 5.97 Å². The van der Waals surface area contributed by atoms with Crippen molar-refractivity contribution in [3.05, 3.63) is 23.4 Å². The zero-order chi connectivity index (χ0) is 16.3. The number of esters is 1. The molecule has 0 aliphatic heterocycles. The molecule has 0 saturated carbocycles. The third kappa shape index (κ3) is 2.49. The van der Waals surface area contributed by atoms with Gasteiger partial charge in [-0.15, -0.1) is 0 Å². The Morgan fingerprint density at radius 1 is 1.41 bits per heavy atom. The number of aryl methyl sites for hydroxylation is 1. The van der Waals surface area contributed by atoms with Gasteiger partial charge in [-0.2, -0.15) is 0 Å². The minimum Gasteiger partial charge on any atom is -0.481 e. The topological polar surface area (TPSA) is 82.6 Å². The molecule has 1 heterocycles. The molecule has 0 N–H and O–H groups in total. The lowest BCUT2D eigenvalue weighted by atomic mass is 9.66. The number of rotatable bonds is 5. The maximum Gasteiger partial charge on any atom is 0.323 e. The fourth-order valence-corrected chi connectivity index (χ4v) is 3.01. The van der Waals surface area contributed by atoms with Crippen LogP contribution in [0.25, 0.3) is 0 Å². The van der Waals surface area contributed by atoms with Gasteiger partial charge in [0.25, 0.3) is 0 Å². The van der Waals surface area contributed by atoms with Crippen molar-refractivity contribution >= 4 is 18.0 Å². The molecule has 1 aromatic heterocycles. The number of pyridine rings is 1. The number of carbonyl (C=O) groups is 3. The van der Waals surface area contributed by atoms with Crippen molar-refractivity contribution in [1.29, 1.82) is 0 Å². The highest BCUT2D eigenvalue weighted by Crippen LogP contribution is 2.40. The van der Waals surface area contributed by atoms with Crippen LogP contribution in [-0.4, -0.2) is 37.2 Å². The van der Waals surface area contributed by atoms with Gasteiger partial charge in [-0.3, -0.25) is 9.59 Å². The summed E-state index contributed by atoms with van der Waals surface area (Å²) in [5.74, 6) is -0.891. The number of carbonyl (C=O) groups excluding carboxylic acids is 3. The summed E-state index contributed by atoms with van der Waals surface area (Å²) in [5.41, 5.74) is -0.297. The predicted molar refractivity (Wildman–Crippen MR) is 77.7 cm³/mol. The van der Waals surface area contributed by atoms with Crippen LogP contribution in [0.3, 0.4) is 0 Å². The van der Waals surface area contributed by atoms with Gasteiger partial charge in [0.05, 0.1) is 14.2 Å². The molecule has 0 saturated heterocycles. The average molecular weight is 305 g/mol. The predicted octanol–water partition coefficient (Wildman–Crippen LogP) is 1.24. The fraction of sp³-hybridized carbons (Fsp3) is 0.500. The van der Waals surface area contributed by atoms with Crippen LogP contribution in [-0.2, 0) is 31.0 Å². The first-order valence-corrected chi connectivity index (χ1v) is 7.11. The first kappa shape index (κ1) is 16.1. The van der Waals surface area contributed by atoms with Crippen molar-refractivity contribution < 1.29 is 23.9 Å². The van der Waals surface area contributed by atoms with Crippen LogP contribution in [0.5, 0.6) is 5.88 Å². The van der Waals surface area contributed by atoms with E-state index < -0.39 is 17.3 Å². The van der Waals surface area contributed by atoms with Gasteiger partial charge in [0.2, 0.25) is 5.88 Å². The maximum absolute atomic E-state index is 12.6. The van der Waals surface area contributed by atoms with E-state index in [9.17, 15) is 14.4 Å². The fourth-order valence-electron chi connectivity index (χ4n) is 3.01. The number of methoxy groups -OCH3 is 2. The summed E-state index contributed by atoms with van der Waals surface area (Å²) < 4.78 is 9.98. The summed E-state index contributed by atoms with van der Waals surface area (Å²) in [7, 11) is 2.75. The van der Waals surface area contributed by atoms with Crippen molar-refractivity contribution in [3.63, 3.8) is 0 Å². The van der Waals surface area contributed by atoms with Crippen molar-refractivity contribution in [3.8, 4) is 5.88 Å². The summed E-state index contributed by atoms with van der Waals surface area (Å²) in [6, 6.07) is 3.29. The Balaban J connectivity index is 2.63. The molecule has 2 rings (SSSR count). The van der Waals surface area contributed by atoms with Crippen LogP contribution in [0.2, 0.25) is 0 Å². The van der Waals surface area contributed by atoms with Crippen LogP contribution in [0.4, 0.5) is 0 Å². The van der Waals surface area contributed by atoms with E-state index in [1.165, 1.54) is 14.2 Å². The Morgan fingerprint density at radius 3 is 2.73 bits per heavy atom. The smallest absolute Gasteiger partial charge is 0.323 e. The largest absolute Gasteiger partial charge is 0.481 e. The van der Waals surface area contributed by atoms with E-state index in [2.05, 4.69) is 4.98 Å². The van der Waals surface area contributed by atoms with Crippen LogP contribution >= 0.6 is 0 Å². The molecule has 2 atom stereocenters. The van der Waals surface area contributed by atoms with E-state index in [4.69, 9.17) is 9.47 Å². The molecule has 0 aromatic carbocycles. The Morgan fingerprint density at radius 2 is 2.14 bits per heavy atom. The third-order valence-corrected chi connectivity index (χ3v) is 4.08. The molecule has 1 unspecified atom stereocenters. The molecule has 6 nitrogen and oxygen atoms in total. The second-order valence-electron chi connectivity index (χ2n) is 5.49. The maximum atomic E-state index is 12.6. The van der Waals surface area contributed by atoms with Gasteiger partial charge in [-0.1, -0.05) is 13.0 Å². The second-order valence-corrected chi connectivity index (χ2v) is 5.49. The zero-order valence-corrected chi connectivity index (χ0v) is 12.9. The molecule has 1 aromatic rings. The molecule has 22 heavy (non-hydrogen) atoms. The number of fused-ring (bicyclic) bond motifs is 1. The molecule has 0 bridgehead atoms. The molecular formula is C16H19NO5. The Kier molecular flexibility index (Phi) is 4.59. The van der Waals surface area contributed by atoms with Crippen molar-refractivity contribution in [1.82, 2.24) is 4.98 Å². The molecule has 1 aliphatic rings. The van der Waals surface area contributed by atoms with E-state index in [0.29, 0.717) is 23.6 Å². The molecule has 0 radical (unpaired) electrons. The lowest BCUT2D eigenvalue weighted by Gasteiger charge is -2.35. The number of aldehydes is 1. The second kappa shape index (κ2) is 6.25. The highest BCUT2D eigenvalue weighted by atomic mass is 16.5. The summed E-state index contributed by atoms with van der Waals surface area (Å²) in [6.07, 6.45) is 1.46. The number of ketones is 1. The van der Waals surface area contributed by atoms with Gasteiger partial charge in [0.1, 0.15) is 6.29 Å². The molecule has 0 amide bonds. The van der Waals surface area contributed by atoms with Gasteiger partial charge in [0, 0.05) is 24.1 Å². The van der Waals surface area contributed by atoms with Crippen LogP contribution in [0.15, 0.2) is 12.1 Å². The Labute approximate surface area is 128 Å². The summed E-state index contributed by atoms with van der Waals surface area (Å²) in [5, 5.41) is 0. The first-order valence-electron chi connectivity index (χ1n) is 7.11. The van der Waals surface area contributed by atoms with Gasteiger partial charge in [-0.25, -0.2) is 4.98 Å². The zero-order valence-electron chi connectivity index (χ0n) is 12.9. The number of aromatic nitrogens is 1. The van der Waals surface area contributed by atoms with Crippen molar-refractivity contribution in [2.45, 2.75) is 31.6 Å². The number of Topliss-reactive ketones (excluding diaryl/α,β-unsaturated/α-hetero) is 1. The molecule has 1 aliphatic carbocycles. The summed E-state index contributed by atoms with van der Waals surface area (Å²) >= 11 is 0. The summed E-state index contributed by atoms with van der Waals surface area (Å²) in [4.78, 5) is 40.5. The van der Waals surface area contributed by atoms with Gasteiger partial charge in [0.15, 0.2) is 11.2 Å². The number of hydrogen-bond acceptors (Lipinski definition) is 6. The lowest BCUT2D eigenvalue weighted by molar-refractivity contribution is -0.153. The van der Waals surface area contributed by atoms with E-state index in [0.717, 1.165) is 6.29 Å². The quantitative estimate of drug-likeness (QED) is 0.462. The first-order chi connectivity index (χ1) is 10.5. The Hall–Kier alpha value is -2.24. The monoisotopic (exact) mass is 305 g/mol. The molecule has 0 fully saturated rings. The standard InChI is InChI=1S/C16H19NO5/c1-10(9-18)8-16(15(20)22-3)11-4-7-14(21-2)17-12(11)5-6-13(16)19/h4,7,9-10H,5-6,8H2,1-3H3/t10?,16-/m1/s1. The van der Waals surface area contributed by atoms with E-state index in [1.807, 2.05) is 0 Å². The number of nitrogens with zero attached hydrogens (tertiary/aromatic N) is 1. The number of ether oxygens (including phenoxy) is 2. The highest BCUT2D eigenvalue weighted by Gasteiger charge is 2.52.